The molecule has 0 aromatic heterocycles. The highest BCUT2D eigenvalue weighted by Crippen LogP contribution is 2.43. The lowest BCUT2D eigenvalue weighted by Crippen LogP contribution is -2.65. The summed E-state index contributed by atoms with van der Waals surface area (Å²) in [5.41, 5.74) is -1.60. The van der Waals surface area contributed by atoms with Crippen LogP contribution in [-0.4, -0.2) is 90.6 Å². The smallest absolute Gasteiger partial charge is 0.315 e. The van der Waals surface area contributed by atoms with E-state index in [9.17, 15) is 32.4 Å². The van der Waals surface area contributed by atoms with Gasteiger partial charge in [0.15, 0.2) is 9.84 Å². The van der Waals surface area contributed by atoms with Gasteiger partial charge >= 0.3 is 6.03 Å². The maximum atomic E-state index is 14.4. The molecular weight excluding hydrogens is 610 g/mol. The molecule has 46 heavy (non-hydrogen) atoms. The van der Waals surface area contributed by atoms with E-state index in [4.69, 9.17) is 0 Å². The zero-order valence-corrected chi connectivity index (χ0v) is 29.1. The molecule has 0 aromatic carbocycles. The Morgan fingerprint density at radius 2 is 1.61 bits per heavy atom. The van der Waals surface area contributed by atoms with E-state index in [1.165, 1.54) is 0 Å². The molecule has 4 N–H and O–H groups in total. The maximum Gasteiger partial charge on any atom is 0.315 e. The number of nitrogens with zero attached hydrogens (tertiary/aromatic N) is 1. The van der Waals surface area contributed by atoms with Crippen LogP contribution in [0.1, 0.15) is 112 Å². The summed E-state index contributed by atoms with van der Waals surface area (Å²) in [5.74, 6) is -2.13. The van der Waals surface area contributed by atoms with E-state index in [1.54, 1.807) is 11.8 Å². The second kappa shape index (κ2) is 14.6. The number of carbonyl (C=O) groups is 5. The largest absolute Gasteiger partial charge is 0.350 e. The van der Waals surface area contributed by atoms with E-state index in [2.05, 4.69) is 21.3 Å². The lowest BCUT2D eigenvalue weighted by Gasteiger charge is -2.43. The molecule has 0 unspecified atom stereocenters. The van der Waals surface area contributed by atoms with Crippen molar-refractivity contribution in [3.05, 3.63) is 0 Å². The van der Waals surface area contributed by atoms with Crippen molar-refractivity contribution in [1.29, 1.82) is 0 Å². The summed E-state index contributed by atoms with van der Waals surface area (Å²) < 4.78 is 26.0. The van der Waals surface area contributed by atoms with Crippen LogP contribution in [0.15, 0.2) is 0 Å². The first-order valence-electron chi connectivity index (χ1n) is 17.4. The molecule has 4 fully saturated rings. The Bertz CT molecular complexity index is 1270. The highest BCUT2D eigenvalue weighted by Gasteiger charge is 2.53. The highest BCUT2D eigenvalue weighted by atomic mass is 32.2. The number of hydrogen-bond acceptors (Lipinski definition) is 7. The third-order valence-electron chi connectivity index (χ3n) is 10.7. The molecule has 2 aliphatic carbocycles. The van der Waals surface area contributed by atoms with Crippen molar-refractivity contribution < 1.29 is 32.4 Å². The van der Waals surface area contributed by atoms with Crippen LogP contribution in [0.5, 0.6) is 0 Å². The molecule has 0 bridgehead atoms. The van der Waals surface area contributed by atoms with Gasteiger partial charge in [0.1, 0.15) is 12.1 Å². The number of hydrogen-bond donors (Lipinski definition) is 4. The van der Waals surface area contributed by atoms with Crippen molar-refractivity contribution in [1.82, 2.24) is 26.2 Å². The summed E-state index contributed by atoms with van der Waals surface area (Å²) in [5, 5.41) is 10.7. The van der Waals surface area contributed by atoms with Crippen LogP contribution >= 0.6 is 0 Å². The summed E-state index contributed by atoms with van der Waals surface area (Å²) in [6, 6.07) is -3.40. The summed E-state index contributed by atoms with van der Waals surface area (Å²) >= 11 is 0. The molecule has 2 saturated carbocycles. The molecule has 12 nitrogen and oxygen atoms in total. The predicted octanol–water partition coefficient (Wildman–Crippen LogP) is 2.60. The zero-order chi connectivity index (χ0) is 33.9. The molecule has 2 saturated heterocycles. The number of sulfone groups is 1. The standard InChI is InChI=1S/C33H55N5O7S/c1-6-13-23(26(39)29(41)34-7-2)35-28(40)25-22-15-11-14-21(22)20-38(25)30(42)27(32(3,4)5)36-31(43)37-33(17-9-8-10-18-33)24-16-12-19-46(24,44)45/h21-25,27H,6-20H2,1-5H3,(H,34,41)(H,35,40)(H2,36,37,43)/t21-,22-,23-,24+,25-,27+/m0/s1. The van der Waals surface area contributed by atoms with Gasteiger partial charge in [0, 0.05) is 13.1 Å². The van der Waals surface area contributed by atoms with Gasteiger partial charge in [0.2, 0.25) is 17.6 Å². The van der Waals surface area contributed by atoms with E-state index < -0.39 is 67.8 Å². The predicted molar refractivity (Wildman–Crippen MR) is 174 cm³/mol. The van der Waals surface area contributed by atoms with Crippen molar-refractivity contribution in [3.63, 3.8) is 0 Å². The molecule has 4 rings (SSSR count). The maximum absolute atomic E-state index is 14.4. The van der Waals surface area contributed by atoms with Crippen LogP contribution in [0.25, 0.3) is 0 Å². The van der Waals surface area contributed by atoms with E-state index in [0.29, 0.717) is 51.6 Å². The van der Waals surface area contributed by atoms with Gasteiger partial charge in [0.05, 0.1) is 22.6 Å². The Morgan fingerprint density at radius 1 is 0.913 bits per heavy atom. The van der Waals surface area contributed by atoms with Crippen molar-refractivity contribution in [3.8, 4) is 0 Å². The number of amides is 5. The molecule has 0 radical (unpaired) electrons. The minimum Gasteiger partial charge on any atom is -0.350 e. The average Bonchev–Trinajstić information content (AvgIpc) is 3.69. The number of likely N-dealkylation sites (N-methyl/N-ethyl adjacent to an activating group) is 1. The van der Waals surface area contributed by atoms with E-state index in [1.807, 2.05) is 27.7 Å². The molecular formula is C33H55N5O7S. The van der Waals surface area contributed by atoms with Crippen LogP contribution in [0.3, 0.4) is 0 Å². The Kier molecular flexibility index (Phi) is 11.5. The number of nitrogens with one attached hydrogen (secondary N) is 4. The minimum atomic E-state index is -3.34. The van der Waals surface area contributed by atoms with E-state index in [0.717, 1.165) is 38.5 Å². The summed E-state index contributed by atoms with van der Waals surface area (Å²) in [4.78, 5) is 68.9. The first-order valence-corrected chi connectivity index (χ1v) is 19.1. The molecule has 0 spiro atoms. The molecule has 13 heteroatoms. The third-order valence-corrected chi connectivity index (χ3v) is 13.1. The Morgan fingerprint density at radius 3 is 2.20 bits per heavy atom. The number of likely N-dealkylation sites (tertiary alicyclic amines) is 1. The average molecular weight is 666 g/mol. The Hall–Kier alpha value is -2.70. The molecule has 2 heterocycles. The molecule has 260 valence electrons. The summed E-state index contributed by atoms with van der Waals surface area (Å²) in [7, 11) is -3.34. The lowest BCUT2D eigenvalue weighted by atomic mass is 9.78. The van der Waals surface area contributed by atoms with Crippen LogP contribution in [-0.2, 0) is 29.0 Å². The number of urea groups is 1. The SMILES string of the molecule is CCC[C@H](NC(=O)[C@@H]1[C@H]2CCC[C@H]2CN1C(=O)[C@@H](NC(=O)NC1([C@H]2CCCS2(=O)=O)CCCCC1)C(C)(C)C)C(=O)C(=O)NCC. The van der Waals surface area contributed by atoms with Gasteiger partial charge in [-0.05, 0) is 69.1 Å². The summed E-state index contributed by atoms with van der Waals surface area (Å²) in [6.45, 7) is 9.79. The van der Waals surface area contributed by atoms with Crippen molar-refractivity contribution in [2.75, 3.05) is 18.8 Å². The number of ketones is 1. The third kappa shape index (κ3) is 7.71. The van der Waals surface area contributed by atoms with Gasteiger partial charge in [-0.3, -0.25) is 19.2 Å². The zero-order valence-electron chi connectivity index (χ0n) is 28.3. The number of Topliss-reactive ketones (excluding diaryl/α,β-unsaturated/α-hetero) is 1. The van der Waals surface area contributed by atoms with Crippen LogP contribution in [0, 0.1) is 17.3 Å². The first kappa shape index (κ1) is 36.1. The monoisotopic (exact) mass is 665 g/mol. The fourth-order valence-corrected chi connectivity index (χ4v) is 10.8. The van der Waals surface area contributed by atoms with Crippen molar-refractivity contribution >= 4 is 39.4 Å². The van der Waals surface area contributed by atoms with Gasteiger partial charge in [-0.1, -0.05) is 59.8 Å². The van der Waals surface area contributed by atoms with Crippen LogP contribution in [0.2, 0.25) is 0 Å². The number of carbonyl (C=O) groups excluding carboxylic acids is 5. The second-order valence-corrected chi connectivity index (χ2v) is 17.3. The Balaban J connectivity index is 1.56. The van der Waals surface area contributed by atoms with Gasteiger partial charge in [-0.15, -0.1) is 0 Å². The van der Waals surface area contributed by atoms with Gasteiger partial charge in [-0.2, -0.15) is 0 Å². The molecule has 0 aromatic rings. The van der Waals surface area contributed by atoms with E-state index in [-0.39, 0.29) is 23.5 Å². The van der Waals surface area contributed by atoms with E-state index >= 15 is 0 Å². The molecule has 2 aliphatic heterocycles. The highest BCUT2D eigenvalue weighted by molar-refractivity contribution is 7.92. The number of rotatable bonds is 11. The second-order valence-electron chi connectivity index (χ2n) is 15.0. The van der Waals surface area contributed by atoms with Crippen LogP contribution in [0.4, 0.5) is 4.79 Å². The fourth-order valence-electron chi connectivity index (χ4n) is 8.42. The van der Waals surface area contributed by atoms with Crippen LogP contribution < -0.4 is 21.3 Å². The van der Waals surface area contributed by atoms with Gasteiger partial charge in [0.25, 0.3) is 5.91 Å². The lowest BCUT2D eigenvalue weighted by molar-refractivity contribution is -0.144. The summed E-state index contributed by atoms with van der Waals surface area (Å²) in [6.07, 6.45) is 8.31. The Labute approximate surface area is 274 Å². The van der Waals surface area contributed by atoms with Crippen molar-refractivity contribution in [2.45, 2.75) is 141 Å². The molecule has 4 aliphatic rings. The molecule has 5 amide bonds. The normalized spacial score (nSPS) is 28.1. The minimum absolute atomic E-state index is 0.0849. The fraction of sp³-hybridized carbons (Fsp3) is 0.848. The van der Waals surface area contributed by atoms with Gasteiger partial charge in [-0.25, -0.2) is 13.2 Å². The van der Waals surface area contributed by atoms with Crippen molar-refractivity contribution in [2.24, 2.45) is 17.3 Å². The topological polar surface area (TPSA) is 171 Å². The quantitative estimate of drug-likeness (QED) is 0.246. The number of fused-ring (bicyclic) bond motifs is 1. The molecule has 6 atom stereocenters. The first-order chi connectivity index (χ1) is 21.6. The van der Waals surface area contributed by atoms with Gasteiger partial charge < -0.3 is 26.2 Å².